The molecule has 0 heterocycles. The lowest BCUT2D eigenvalue weighted by Crippen LogP contribution is -2.35. The van der Waals surface area contributed by atoms with Gasteiger partial charge in [-0.25, -0.2) is 0 Å². The first kappa shape index (κ1) is 12.3. The van der Waals surface area contributed by atoms with Crippen molar-refractivity contribution in [3.05, 3.63) is 52.6 Å². The molecular formula is C19H22O. The summed E-state index contributed by atoms with van der Waals surface area (Å²) in [7, 11) is 1.84. The van der Waals surface area contributed by atoms with Crippen molar-refractivity contribution in [1.29, 1.82) is 0 Å². The van der Waals surface area contributed by atoms with Gasteiger partial charge in [0.2, 0.25) is 0 Å². The Morgan fingerprint density at radius 3 is 2.50 bits per heavy atom. The fraction of sp³-hybridized carbons (Fsp3) is 0.474. The average Bonchev–Trinajstić information content (AvgIpc) is 2.42. The molecule has 4 aliphatic rings. The Balaban J connectivity index is 1.82. The van der Waals surface area contributed by atoms with Crippen LogP contribution in [0.15, 0.2) is 41.5 Å². The van der Waals surface area contributed by atoms with Crippen LogP contribution in [-0.4, -0.2) is 7.11 Å². The lowest BCUT2D eigenvalue weighted by molar-refractivity contribution is 0.234. The summed E-state index contributed by atoms with van der Waals surface area (Å²) >= 11 is 0. The topological polar surface area (TPSA) is 9.23 Å². The molecule has 1 nitrogen and oxygen atoms in total. The second-order valence-corrected chi connectivity index (χ2v) is 6.72. The molecule has 0 saturated heterocycles. The van der Waals surface area contributed by atoms with Crippen molar-refractivity contribution in [1.82, 2.24) is 0 Å². The first-order chi connectivity index (χ1) is 9.74. The van der Waals surface area contributed by atoms with Gasteiger partial charge in [-0.15, -0.1) is 0 Å². The van der Waals surface area contributed by atoms with Crippen LogP contribution in [0.4, 0.5) is 0 Å². The normalized spacial score (nSPS) is 30.4. The predicted molar refractivity (Wildman–Crippen MR) is 82.1 cm³/mol. The number of benzene rings is 1. The predicted octanol–water partition coefficient (Wildman–Crippen LogP) is 4.73. The van der Waals surface area contributed by atoms with E-state index in [0.29, 0.717) is 0 Å². The Morgan fingerprint density at radius 1 is 1.15 bits per heavy atom. The molecule has 1 aromatic rings. The van der Waals surface area contributed by atoms with Gasteiger partial charge in [0.05, 0.1) is 7.11 Å². The highest BCUT2D eigenvalue weighted by atomic mass is 16.5. The lowest BCUT2D eigenvalue weighted by Gasteiger charge is -2.47. The highest BCUT2D eigenvalue weighted by Gasteiger charge is 2.42. The Bertz CT molecular complexity index is 588. The van der Waals surface area contributed by atoms with E-state index in [0.717, 1.165) is 17.8 Å². The fourth-order valence-electron chi connectivity index (χ4n) is 4.68. The first-order valence-electron chi connectivity index (χ1n) is 7.79. The number of rotatable bonds is 2. The molecule has 0 amide bonds. The number of ether oxygens (including phenoxy) is 1. The summed E-state index contributed by atoms with van der Waals surface area (Å²) < 4.78 is 5.88. The van der Waals surface area contributed by atoms with E-state index in [-0.39, 0.29) is 0 Å². The highest BCUT2D eigenvalue weighted by Crippen LogP contribution is 2.55. The molecule has 20 heavy (non-hydrogen) atoms. The number of methoxy groups -OCH3 is 1. The van der Waals surface area contributed by atoms with E-state index >= 15 is 0 Å². The van der Waals surface area contributed by atoms with Crippen LogP contribution in [-0.2, 0) is 4.74 Å². The van der Waals surface area contributed by atoms with Gasteiger partial charge in [0.15, 0.2) is 0 Å². The van der Waals surface area contributed by atoms with Gasteiger partial charge in [0.1, 0.15) is 5.76 Å². The first-order valence-corrected chi connectivity index (χ1v) is 7.79. The molecule has 0 N–H and O–H groups in total. The zero-order valence-corrected chi connectivity index (χ0v) is 12.4. The minimum atomic E-state index is 0.739. The molecule has 2 fully saturated rings. The Labute approximate surface area is 121 Å². The van der Waals surface area contributed by atoms with Crippen molar-refractivity contribution in [2.75, 3.05) is 7.11 Å². The van der Waals surface area contributed by atoms with E-state index in [9.17, 15) is 0 Å². The van der Waals surface area contributed by atoms with Crippen LogP contribution in [0.1, 0.15) is 36.8 Å². The lowest BCUT2D eigenvalue weighted by atomic mass is 9.58. The van der Waals surface area contributed by atoms with E-state index in [1.807, 2.05) is 7.11 Å². The third-order valence-electron chi connectivity index (χ3n) is 5.29. The van der Waals surface area contributed by atoms with Crippen molar-refractivity contribution in [2.24, 2.45) is 17.8 Å². The molecule has 0 spiro atoms. The van der Waals surface area contributed by atoms with Crippen LogP contribution in [0, 0.1) is 24.7 Å². The molecule has 0 radical (unpaired) electrons. The van der Waals surface area contributed by atoms with Crippen LogP contribution in [0.25, 0.3) is 5.76 Å². The molecule has 0 aliphatic heterocycles. The van der Waals surface area contributed by atoms with Crippen molar-refractivity contribution in [2.45, 2.75) is 32.6 Å². The third kappa shape index (κ3) is 1.83. The minimum Gasteiger partial charge on any atom is -0.496 e. The zero-order chi connectivity index (χ0) is 13.7. The van der Waals surface area contributed by atoms with Crippen LogP contribution in [0.2, 0.25) is 0 Å². The van der Waals surface area contributed by atoms with E-state index in [1.165, 1.54) is 42.6 Å². The van der Waals surface area contributed by atoms with Gasteiger partial charge < -0.3 is 4.74 Å². The number of allylic oxidation sites excluding steroid dienone is 3. The Kier molecular flexibility index (Phi) is 2.76. The standard InChI is InChI=1S/C19H22O/c1-12-4-3-5-15(6-12)19(20-2)18-16-8-13-7-14(10-16)11-17(18)9-13/h3-7,13,16-17H,8-11H2,1-2H3. The van der Waals surface area contributed by atoms with Crippen molar-refractivity contribution in [3.8, 4) is 0 Å². The molecule has 2 atom stereocenters. The molecule has 4 aliphatic carbocycles. The van der Waals surface area contributed by atoms with E-state index in [4.69, 9.17) is 4.74 Å². The largest absolute Gasteiger partial charge is 0.496 e. The van der Waals surface area contributed by atoms with Gasteiger partial charge >= 0.3 is 0 Å². The molecule has 1 aromatic carbocycles. The Morgan fingerprint density at radius 2 is 1.90 bits per heavy atom. The molecule has 4 bridgehead atoms. The Hall–Kier alpha value is -1.50. The zero-order valence-electron chi connectivity index (χ0n) is 12.4. The van der Waals surface area contributed by atoms with Crippen LogP contribution in [0.5, 0.6) is 0 Å². The van der Waals surface area contributed by atoms with Crippen LogP contribution < -0.4 is 0 Å². The van der Waals surface area contributed by atoms with E-state index < -0.39 is 0 Å². The van der Waals surface area contributed by atoms with Crippen molar-refractivity contribution >= 4 is 5.76 Å². The molecule has 5 rings (SSSR count). The summed E-state index contributed by atoms with van der Waals surface area (Å²) in [5, 5.41) is 0. The van der Waals surface area contributed by atoms with Crippen molar-refractivity contribution < 1.29 is 4.74 Å². The maximum absolute atomic E-state index is 5.88. The van der Waals surface area contributed by atoms with Gasteiger partial charge in [-0.05, 0) is 62.0 Å². The monoisotopic (exact) mass is 266 g/mol. The molecule has 1 heteroatoms. The van der Waals surface area contributed by atoms with Crippen LogP contribution in [0.3, 0.4) is 0 Å². The molecular weight excluding hydrogens is 244 g/mol. The number of hydrogen-bond donors (Lipinski definition) is 0. The molecule has 2 unspecified atom stereocenters. The minimum absolute atomic E-state index is 0.739. The molecule has 0 aromatic heterocycles. The molecule has 2 saturated carbocycles. The number of hydrogen-bond acceptors (Lipinski definition) is 1. The summed E-state index contributed by atoms with van der Waals surface area (Å²) in [4.78, 5) is 0. The summed E-state index contributed by atoms with van der Waals surface area (Å²) in [6, 6.07) is 8.76. The van der Waals surface area contributed by atoms with Gasteiger partial charge in [-0.2, -0.15) is 0 Å². The smallest absolute Gasteiger partial charge is 0.125 e. The van der Waals surface area contributed by atoms with Crippen LogP contribution >= 0.6 is 0 Å². The van der Waals surface area contributed by atoms with Gasteiger partial charge in [0.25, 0.3) is 0 Å². The van der Waals surface area contributed by atoms with E-state index in [1.54, 1.807) is 11.1 Å². The summed E-state index contributed by atoms with van der Waals surface area (Å²) in [5.74, 6) is 3.50. The quantitative estimate of drug-likeness (QED) is 0.555. The maximum Gasteiger partial charge on any atom is 0.125 e. The molecule has 104 valence electrons. The highest BCUT2D eigenvalue weighted by molar-refractivity contribution is 5.66. The maximum atomic E-state index is 5.88. The average molecular weight is 266 g/mol. The third-order valence-corrected chi connectivity index (χ3v) is 5.29. The van der Waals surface area contributed by atoms with Crippen molar-refractivity contribution in [3.63, 3.8) is 0 Å². The summed E-state index contributed by atoms with van der Waals surface area (Å²) in [6.45, 7) is 2.16. The summed E-state index contributed by atoms with van der Waals surface area (Å²) in [5.41, 5.74) is 5.91. The van der Waals surface area contributed by atoms with Gasteiger partial charge in [-0.3, -0.25) is 0 Å². The fourth-order valence-corrected chi connectivity index (χ4v) is 4.68. The van der Waals surface area contributed by atoms with Gasteiger partial charge in [0, 0.05) is 5.56 Å². The SMILES string of the molecule is COC(=C1C2CC3=CC(C2)CC1C3)c1cccc(C)c1. The van der Waals surface area contributed by atoms with Gasteiger partial charge in [-0.1, -0.05) is 35.4 Å². The summed E-state index contributed by atoms with van der Waals surface area (Å²) in [6.07, 6.45) is 7.80. The van der Waals surface area contributed by atoms with E-state index in [2.05, 4.69) is 37.3 Å². The second-order valence-electron chi connectivity index (χ2n) is 6.72. The number of aryl methyl sites for hydroxylation is 1. The second kappa shape index (κ2) is 4.51.